The highest BCUT2D eigenvalue weighted by Crippen LogP contribution is 2.23. The normalized spacial score (nSPS) is 10.8. The lowest BCUT2D eigenvalue weighted by atomic mass is 10.1. The van der Waals surface area contributed by atoms with Gasteiger partial charge in [0.05, 0.1) is 0 Å². The van der Waals surface area contributed by atoms with Crippen LogP contribution in [0, 0.1) is 0 Å². The minimum Gasteiger partial charge on any atom is -0.201 e. The highest BCUT2D eigenvalue weighted by atomic mass is 32.1. The van der Waals surface area contributed by atoms with Gasteiger partial charge in [-0.2, -0.15) is 0 Å². The maximum atomic E-state index is 4.16. The van der Waals surface area contributed by atoms with Gasteiger partial charge in [0.2, 0.25) is 0 Å². The Bertz CT molecular complexity index is 203. The molecule has 0 fully saturated rings. The lowest BCUT2D eigenvalue weighted by Crippen LogP contribution is -1.87. The number of rotatable bonds is 2. The van der Waals surface area contributed by atoms with Crippen LogP contribution < -0.4 is 0 Å². The van der Waals surface area contributed by atoms with Crippen LogP contribution in [0.5, 0.6) is 0 Å². The van der Waals surface area contributed by atoms with Crippen LogP contribution in [0.1, 0.15) is 37.1 Å². The van der Waals surface area contributed by atoms with E-state index in [0.29, 0.717) is 5.92 Å². The zero-order valence-corrected chi connectivity index (χ0v) is 7.53. The molecule has 56 valence electrons. The summed E-state index contributed by atoms with van der Waals surface area (Å²) in [5.41, 5.74) is 1.42. The van der Waals surface area contributed by atoms with E-state index < -0.39 is 0 Å². The Labute approximate surface area is 66.3 Å². The molecule has 0 spiro atoms. The van der Waals surface area contributed by atoms with Gasteiger partial charge in [0, 0.05) is 11.1 Å². The largest absolute Gasteiger partial charge is 0.201 e. The third-order valence-corrected chi connectivity index (χ3v) is 2.72. The second kappa shape index (κ2) is 3.15. The summed E-state index contributed by atoms with van der Waals surface area (Å²) >= 11 is 1.63. The van der Waals surface area contributed by atoms with Crippen LogP contribution in [-0.2, 0) is 6.42 Å². The quantitative estimate of drug-likeness (QED) is 0.640. The molecule has 0 radical (unpaired) electrons. The van der Waals surface area contributed by atoms with Crippen molar-refractivity contribution in [3.8, 4) is 0 Å². The third kappa shape index (κ3) is 1.37. The average molecular weight is 155 g/mol. The smallest absolute Gasteiger partial charge is 0.0441 e. The fourth-order valence-corrected chi connectivity index (χ4v) is 1.83. The summed E-state index contributed by atoms with van der Waals surface area (Å²) in [5.74, 6) is 0.641. The molecule has 1 rings (SSSR count). The van der Waals surface area contributed by atoms with Gasteiger partial charge in [0.15, 0.2) is 0 Å². The van der Waals surface area contributed by atoms with Crippen molar-refractivity contribution in [2.24, 2.45) is 0 Å². The number of hydrogen-bond donors (Lipinski definition) is 0. The third-order valence-electron chi connectivity index (χ3n) is 1.58. The van der Waals surface area contributed by atoms with E-state index in [1.807, 2.05) is 6.20 Å². The molecule has 0 aliphatic carbocycles. The Morgan fingerprint density at radius 3 is 2.70 bits per heavy atom. The van der Waals surface area contributed by atoms with Crippen molar-refractivity contribution in [3.05, 3.63) is 16.6 Å². The minimum atomic E-state index is 0.641. The Morgan fingerprint density at radius 2 is 2.30 bits per heavy atom. The summed E-state index contributed by atoms with van der Waals surface area (Å²) in [7, 11) is 0. The van der Waals surface area contributed by atoms with Crippen LogP contribution in [0.2, 0.25) is 0 Å². The summed E-state index contributed by atoms with van der Waals surface area (Å²) in [6.07, 6.45) is 3.10. The van der Waals surface area contributed by atoms with E-state index in [4.69, 9.17) is 0 Å². The first-order valence-corrected chi connectivity index (χ1v) is 4.46. The van der Waals surface area contributed by atoms with Crippen LogP contribution in [0.3, 0.4) is 0 Å². The molecule has 1 aromatic rings. The van der Waals surface area contributed by atoms with Crippen LogP contribution in [0.4, 0.5) is 0 Å². The van der Waals surface area contributed by atoms with E-state index in [2.05, 4.69) is 25.1 Å². The average Bonchev–Trinajstić information content (AvgIpc) is 2.33. The van der Waals surface area contributed by atoms with E-state index >= 15 is 0 Å². The SMILES string of the molecule is CCc1cnsc1C(C)C. The molecule has 1 aromatic heterocycles. The fourth-order valence-electron chi connectivity index (χ4n) is 1.01. The van der Waals surface area contributed by atoms with E-state index in [0.717, 1.165) is 6.42 Å². The van der Waals surface area contributed by atoms with Crippen LogP contribution in [0.25, 0.3) is 0 Å². The maximum Gasteiger partial charge on any atom is 0.0441 e. The molecular weight excluding hydrogens is 142 g/mol. The second-order valence-corrected chi connectivity index (χ2v) is 3.56. The van der Waals surface area contributed by atoms with Gasteiger partial charge in [-0.1, -0.05) is 20.8 Å². The molecule has 0 amide bonds. The number of aryl methyl sites for hydroxylation is 1. The summed E-state index contributed by atoms with van der Waals surface area (Å²) in [6.45, 7) is 6.61. The van der Waals surface area contributed by atoms with E-state index in [1.165, 1.54) is 10.4 Å². The van der Waals surface area contributed by atoms with Gasteiger partial charge in [0.1, 0.15) is 0 Å². The molecule has 0 saturated heterocycles. The zero-order chi connectivity index (χ0) is 7.56. The first-order valence-electron chi connectivity index (χ1n) is 3.69. The van der Waals surface area contributed by atoms with Crippen molar-refractivity contribution in [1.29, 1.82) is 0 Å². The predicted octanol–water partition coefficient (Wildman–Crippen LogP) is 2.83. The Kier molecular flexibility index (Phi) is 2.44. The van der Waals surface area contributed by atoms with Crippen molar-refractivity contribution < 1.29 is 0 Å². The number of nitrogens with zero attached hydrogens (tertiary/aromatic N) is 1. The molecule has 0 unspecified atom stereocenters. The molecule has 0 atom stereocenters. The van der Waals surface area contributed by atoms with E-state index in [-0.39, 0.29) is 0 Å². The van der Waals surface area contributed by atoms with Crippen LogP contribution >= 0.6 is 11.5 Å². The Balaban J connectivity index is 2.90. The van der Waals surface area contributed by atoms with Crippen LogP contribution in [0.15, 0.2) is 6.20 Å². The van der Waals surface area contributed by atoms with Crippen molar-refractivity contribution in [2.45, 2.75) is 33.1 Å². The second-order valence-electron chi connectivity index (χ2n) is 2.72. The van der Waals surface area contributed by atoms with Gasteiger partial charge in [-0.05, 0) is 29.4 Å². The molecule has 2 heteroatoms. The summed E-state index contributed by atoms with van der Waals surface area (Å²) < 4.78 is 4.16. The molecule has 0 N–H and O–H groups in total. The van der Waals surface area contributed by atoms with E-state index in [9.17, 15) is 0 Å². The summed E-state index contributed by atoms with van der Waals surface area (Å²) in [5, 5.41) is 0. The first kappa shape index (κ1) is 7.73. The molecule has 0 bridgehead atoms. The van der Waals surface area contributed by atoms with Crippen molar-refractivity contribution >= 4 is 11.5 Å². The maximum absolute atomic E-state index is 4.16. The molecule has 0 aliphatic heterocycles. The predicted molar refractivity (Wildman–Crippen MR) is 45.6 cm³/mol. The molecule has 1 nitrogen and oxygen atoms in total. The van der Waals surface area contributed by atoms with Crippen molar-refractivity contribution in [3.63, 3.8) is 0 Å². The summed E-state index contributed by atoms with van der Waals surface area (Å²) in [4.78, 5) is 1.45. The van der Waals surface area contributed by atoms with Gasteiger partial charge >= 0.3 is 0 Å². The van der Waals surface area contributed by atoms with Crippen molar-refractivity contribution in [2.75, 3.05) is 0 Å². The lowest BCUT2D eigenvalue weighted by Gasteiger charge is -2.01. The first-order chi connectivity index (χ1) is 4.75. The van der Waals surface area contributed by atoms with Crippen molar-refractivity contribution in [1.82, 2.24) is 4.37 Å². The van der Waals surface area contributed by atoms with Gasteiger partial charge < -0.3 is 0 Å². The molecule has 1 heterocycles. The van der Waals surface area contributed by atoms with Crippen LogP contribution in [-0.4, -0.2) is 4.37 Å². The van der Waals surface area contributed by atoms with Gasteiger partial charge in [-0.3, -0.25) is 0 Å². The highest BCUT2D eigenvalue weighted by molar-refractivity contribution is 7.06. The van der Waals surface area contributed by atoms with E-state index in [1.54, 1.807) is 11.5 Å². The zero-order valence-electron chi connectivity index (χ0n) is 6.72. The van der Waals surface area contributed by atoms with Gasteiger partial charge in [0.25, 0.3) is 0 Å². The monoisotopic (exact) mass is 155 g/mol. The molecule has 0 aromatic carbocycles. The van der Waals surface area contributed by atoms with Gasteiger partial charge in [-0.25, -0.2) is 4.37 Å². The summed E-state index contributed by atoms with van der Waals surface area (Å²) in [6, 6.07) is 0. The topological polar surface area (TPSA) is 12.9 Å². The lowest BCUT2D eigenvalue weighted by molar-refractivity contribution is 0.869. The van der Waals surface area contributed by atoms with Gasteiger partial charge in [-0.15, -0.1) is 0 Å². The molecule has 0 aliphatic rings. The Morgan fingerprint density at radius 1 is 1.60 bits per heavy atom. The highest BCUT2D eigenvalue weighted by Gasteiger charge is 2.06. The number of aromatic nitrogens is 1. The molecular formula is C8H13NS. The Hall–Kier alpha value is -0.370. The molecule has 10 heavy (non-hydrogen) atoms. The standard InChI is InChI=1S/C8H13NS/c1-4-7-5-9-10-8(7)6(2)3/h5-6H,4H2,1-3H3. The number of hydrogen-bond acceptors (Lipinski definition) is 2. The molecule has 0 saturated carbocycles. The minimum absolute atomic E-state index is 0.641. The fraction of sp³-hybridized carbons (Fsp3) is 0.625.